The predicted octanol–water partition coefficient (Wildman–Crippen LogP) is 2.70. The average molecular weight is 312 g/mol. The summed E-state index contributed by atoms with van der Waals surface area (Å²) >= 11 is 6.27. The van der Waals surface area contributed by atoms with Crippen LogP contribution >= 0.6 is 11.6 Å². The van der Waals surface area contributed by atoms with Crippen molar-refractivity contribution in [1.29, 1.82) is 0 Å². The summed E-state index contributed by atoms with van der Waals surface area (Å²) in [4.78, 5) is 2.40. The Balaban J connectivity index is 1.65. The molecule has 1 aromatic carbocycles. The molecular weight excluding hydrogens is 290 g/mol. The van der Waals surface area contributed by atoms with Gasteiger partial charge in [-0.25, -0.2) is 0 Å². The van der Waals surface area contributed by atoms with E-state index in [1.54, 1.807) is 0 Å². The van der Waals surface area contributed by atoms with Gasteiger partial charge in [-0.1, -0.05) is 11.6 Å². The van der Waals surface area contributed by atoms with Gasteiger partial charge in [0, 0.05) is 6.54 Å². The predicted molar refractivity (Wildman–Crippen MR) is 82.1 cm³/mol. The Kier molecular flexibility index (Phi) is 4.57. The first-order valence-electron chi connectivity index (χ1n) is 7.62. The van der Waals surface area contributed by atoms with Gasteiger partial charge in [-0.15, -0.1) is 0 Å². The first-order chi connectivity index (χ1) is 10.1. The summed E-state index contributed by atoms with van der Waals surface area (Å²) < 4.78 is 11.2. The van der Waals surface area contributed by atoms with Gasteiger partial charge in [0.1, 0.15) is 13.2 Å². The van der Waals surface area contributed by atoms with E-state index >= 15 is 0 Å². The molecular formula is C16H22ClNO3. The van der Waals surface area contributed by atoms with Gasteiger partial charge < -0.3 is 14.6 Å². The van der Waals surface area contributed by atoms with Crippen LogP contribution in [0.5, 0.6) is 11.5 Å². The van der Waals surface area contributed by atoms with Crippen molar-refractivity contribution in [2.75, 3.05) is 26.3 Å². The first-order valence-corrected chi connectivity index (χ1v) is 7.99. The molecule has 5 heteroatoms. The minimum absolute atomic E-state index is 0.198. The summed E-state index contributed by atoms with van der Waals surface area (Å²) in [6.07, 6.45) is 1.90. The van der Waals surface area contributed by atoms with Gasteiger partial charge in [0.2, 0.25) is 0 Å². The van der Waals surface area contributed by atoms with Gasteiger partial charge in [0.25, 0.3) is 0 Å². The largest absolute Gasteiger partial charge is 0.486 e. The number of rotatable bonds is 3. The zero-order valence-electron chi connectivity index (χ0n) is 12.3. The molecule has 1 fully saturated rings. The zero-order valence-corrected chi connectivity index (χ0v) is 13.1. The Bertz CT molecular complexity index is 499. The lowest BCUT2D eigenvalue weighted by molar-refractivity contribution is 0.0695. The molecule has 0 aromatic heterocycles. The lowest BCUT2D eigenvalue weighted by Crippen LogP contribution is -2.36. The van der Waals surface area contributed by atoms with E-state index in [-0.39, 0.29) is 6.10 Å². The molecule has 1 saturated heterocycles. The van der Waals surface area contributed by atoms with Crippen molar-refractivity contribution in [2.24, 2.45) is 5.92 Å². The Labute approximate surface area is 130 Å². The highest BCUT2D eigenvalue weighted by Gasteiger charge is 2.23. The molecule has 4 nitrogen and oxygen atoms in total. The van der Waals surface area contributed by atoms with E-state index in [1.807, 2.05) is 19.1 Å². The molecule has 0 bridgehead atoms. The summed E-state index contributed by atoms with van der Waals surface area (Å²) in [5, 5.41) is 10.3. The van der Waals surface area contributed by atoms with Crippen LogP contribution in [0.15, 0.2) is 12.1 Å². The number of fused-ring (bicyclic) bond motifs is 1. The molecule has 0 radical (unpaired) electrons. The number of aliphatic hydroxyl groups excluding tert-OH is 1. The molecule has 0 aliphatic carbocycles. The van der Waals surface area contributed by atoms with Crippen LogP contribution < -0.4 is 9.47 Å². The summed E-state index contributed by atoms with van der Waals surface area (Å²) in [6.45, 7) is 5.92. The van der Waals surface area contributed by atoms with Crippen LogP contribution in [0.2, 0.25) is 5.02 Å². The summed E-state index contributed by atoms with van der Waals surface area (Å²) in [7, 11) is 0. The molecule has 0 spiro atoms. The number of ether oxygens (including phenoxy) is 2. The van der Waals surface area contributed by atoms with E-state index in [1.165, 1.54) is 0 Å². The van der Waals surface area contributed by atoms with Crippen LogP contribution in [-0.2, 0) is 6.54 Å². The van der Waals surface area contributed by atoms with Crippen molar-refractivity contribution in [3.05, 3.63) is 22.7 Å². The molecule has 1 unspecified atom stereocenters. The molecule has 21 heavy (non-hydrogen) atoms. The fraction of sp³-hybridized carbons (Fsp3) is 0.625. The standard InChI is InChI=1S/C16H22ClNO3/c1-11(19)13-2-4-18(5-3-13)10-12-8-14(17)16-15(9-12)20-6-7-21-16/h8-9,11,13,19H,2-7,10H2,1H3. The lowest BCUT2D eigenvalue weighted by Gasteiger charge is -2.33. The third-order valence-electron chi connectivity index (χ3n) is 4.38. The maximum absolute atomic E-state index is 9.66. The Morgan fingerprint density at radius 1 is 1.29 bits per heavy atom. The second-order valence-corrected chi connectivity index (χ2v) is 6.36. The van der Waals surface area contributed by atoms with Gasteiger partial charge in [0.05, 0.1) is 11.1 Å². The van der Waals surface area contributed by atoms with E-state index in [2.05, 4.69) is 4.90 Å². The van der Waals surface area contributed by atoms with Crippen molar-refractivity contribution in [3.63, 3.8) is 0 Å². The van der Waals surface area contributed by atoms with E-state index in [4.69, 9.17) is 21.1 Å². The Morgan fingerprint density at radius 3 is 2.71 bits per heavy atom. The molecule has 3 rings (SSSR count). The number of nitrogens with zero attached hydrogens (tertiary/aromatic N) is 1. The Morgan fingerprint density at radius 2 is 2.00 bits per heavy atom. The molecule has 0 saturated carbocycles. The van der Waals surface area contributed by atoms with Crippen molar-refractivity contribution in [1.82, 2.24) is 4.90 Å². The second-order valence-electron chi connectivity index (χ2n) is 5.96. The average Bonchev–Trinajstić information content (AvgIpc) is 2.48. The molecule has 0 amide bonds. The van der Waals surface area contributed by atoms with Crippen LogP contribution in [0.4, 0.5) is 0 Å². The van der Waals surface area contributed by atoms with Crippen LogP contribution in [0.25, 0.3) is 0 Å². The Hall–Kier alpha value is -0.970. The maximum atomic E-state index is 9.66. The van der Waals surface area contributed by atoms with Gasteiger partial charge in [-0.05, 0) is 56.5 Å². The van der Waals surface area contributed by atoms with Crippen molar-refractivity contribution < 1.29 is 14.6 Å². The highest BCUT2D eigenvalue weighted by atomic mass is 35.5. The zero-order chi connectivity index (χ0) is 14.8. The highest BCUT2D eigenvalue weighted by molar-refractivity contribution is 6.32. The molecule has 1 atom stereocenters. The number of halogens is 1. The van der Waals surface area contributed by atoms with Crippen LogP contribution in [0.1, 0.15) is 25.3 Å². The minimum atomic E-state index is -0.198. The van der Waals surface area contributed by atoms with E-state index in [0.717, 1.165) is 43.8 Å². The summed E-state index contributed by atoms with van der Waals surface area (Å²) in [5.41, 5.74) is 1.15. The molecule has 2 aliphatic heterocycles. The fourth-order valence-corrected chi connectivity index (χ4v) is 3.40. The normalized spacial score (nSPS) is 21.3. The monoisotopic (exact) mass is 311 g/mol. The third kappa shape index (κ3) is 3.44. The van der Waals surface area contributed by atoms with Crippen LogP contribution in [0.3, 0.4) is 0 Å². The number of hydrogen-bond donors (Lipinski definition) is 1. The number of aliphatic hydroxyl groups is 1. The van der Waals surface area contributed by atoms with Gasteiger partial charge >= 0.3 is 0 Å². The molecule has 2 aliphatic rings. The molecule has 1 aromatic rings. The third-order valence-corrected chi connectivity index (χ3v) is 4.66. The molecule has 1 N–H and O–H groups in total. The molecule has 2 heterocycles. The SMILES string of the molecule is CC(O)C1CCN(Cc2cc(Cl)c3c(c2)OCCO3)CC1. The smallest absolute Gasteiger partial charge is 0.179 e. The maximum Gasteiger partial charge on any atom is 0.179 e. The number of piperidine rings is 1. The van der Waals surface area contributed by atoms with Crippen molar-refractivity contribution >= 4 is 11.6 Å². The highest BCUT2D eigenvalue weighted by Crippen LogP contribution is 2.38. The molecule has 116 valence electrons. The summed E-state index contributed by atoms with van der Waals surface area (Å²) in [6, 6.07) is 4.00. The van der Waals surface area contributed by atoms with Gasteiger partial charge in [-0.3, -0.25) is 4.90 Å². The number of benzene rings is 1. The van der Waals surface area contributed by atoms with Crippen LogP contribution in [0, 0.1) is 5.92 Å². The van der Waals surface area contributed by atoms with Crippen molar-refractivity contribution in [3.8, 4) is 11.5 Å². The van der Waals surface area contributed by atoms with E-state index < -0.39 is 0 Å². The van der Waals surface area contributed by atoms with E-state index in [9.17, 15) is 5.11 Å². The van der Waals surface area contributed by atoms with E-state index in [0.29, 0.717) is 29.9 Å². The van der Waals surface area contributed by atoms with Crippen molar-refractivity contribution in [2.45, 2.75) is 32.4 Å². The lowest BCUT2D eigenvalue weighted by atomic mass is 9.92. The number of hydrogen-bond acceptors (Lipinski definition) is 4. The van der Waals surface area contributed by atoms with Crippen LogP contribution in [-0.4, -0.2) is 42.4 Å². The number of likely N-dealkylation sites (tertiary alicyclic amines) is 1. The summed E-state index contributed by atoms with van der Waals surface area (Å²) in [5.74, 6) is 1.85. The van der Waals surface area contributed by atoms with Gasteiger partial charge in [0.15, 0.2) is 11.5 Å². The first kappa shape index (κ1) is 14.9. The topological polar surface area (TPSA) is 41.9 Å². The quantitative estimate of drug-likeness (QED) is 0.932. The minimum Gasteiger partial charge on any atom is -0.486 e. The van der Waals surface area contributed by atoms with Gasteiger partial charge in [-0.2, -0.15) is 0 Å². The fourth-order valence-electron chi connectivity index (χ4n) is 3.11. The second kappa shape index (κ2) is 6.42.